The zero-order valence-corrected chi connectivity index (χ0v) is 10.3. The van der Waals surface area contributed by atoms with Gasteiger partial charge in [-0.25, -0.2) is 0 Å². The van der Waals surface area contributed by atoms with Crippen LogP contribution in [-0.4, -0.2) is 12.0 Å². The van der Waals surface area contributed by atoms with E-state index in [0.717, 1.165) is 25.0 Å². The molecule has 0 heterocycles. The monoisotopic (exact) mass is 284 g/mol. The van der Waals surface area contributed by atoms with Gasteiger partial charge in [0, 0.05) is 11.8 Å². The second-order valence-corrected chi connectivity index (χ2v) is 4.44. The number of hydrogen-bond donors (Lipinski definition) is 1. The zero-order valence-electron chi connectivity index (χ0n) is 10.3. The molecule has 0 aliphatic heterocycles. The Bertz CT molecular complexity index is 560. The zero-order chi connectivity index (χ0) is 14.8. The number of ether oxygens (including phenoxy) is 1. The topological polar surface area (TPSA) is 62.1 Å². The molecule has 0 spiro atoms. The molecule has 1 aromatic rings. The third kappa shape index (κ3) is 3.88. The normalized spacial score (nSPS) is 14.5. The number of anilines is 1. The average molecular weight is 284 g/mol. The highest BCUT2D eigenvalue weighted by Crippen LogP contribution is 2.36. The van der Waals surface area contributed by atoms with Crippen LogP contribution in [0.5, 0.6) is 5.75 Å². The van der Waals surface area contributed by atoms with Crippen LogP contribution < -0.4 is 10.1 Å². The minimum absolute atomic E-state index is 0.0317. The predicted molar refractivity (Wildman–Crippen MR) is 64.0 cm³/mol. The molecule has 0 saturated heterocycles. The number of nitriles is 1. The van der Waals surface area contributed by atoms with Crippen molar-refractivity contribution in [2.75, 3.05) is 5.32 Å². The van der Waals surface area contributed by atoms with Gasteiger partial charge in [0.15, 0.2) is 0 Å². The Morgan fingerprint density at radius 2 is 2.10 bits per heavy atom. The summed E-state index contributed by atoms with van der Waals surface area (Å²) in [4.78, 5) is 11.3. The fourth-order valence-electron chi connectivity index (χ4n) is 1.56. The molecule has 20 heavy (non-hydrogen) atoms. The highest BCUT2D eigenvalue weighted by molar-refractivity contribution is 5.92. The van der Waals surface area contributed by atoms with Gasteiger partial charge in [0.05, 0.1) is 17.7 Å². The fourth-order valence-corrected chi connectivity index (χ4v) is 1.56. The third-order valence-electron chi connectivity index (χ3n) is 2.58. The number of benzene rings is 1. The number of halogens is 3. The Morgan fingerprint density at radius 3 is 2.65 bits per heavy atom. The highest BCUT2D eigenvalue weighted by atomic mass is 19.4. The summed E-state index contributed by atoms with van der Waals surface area (Å²) < 4.78 is 43.6. The van der Waals surface area contributed by atoms with Gasteiger partial charge in [-0.1, -0.05) is 0 Å². The number of carbonyl (C=O) groups excluding carboxylic acids is 1. The van der Waals surface area contributed by atoms with Crippen LogP contribution in [0.1, 0.15) is 24.8 Å². The number of rotatable bonds is 4. The van der Waals surface area contributed by atoms with Crippen LogP contribution in [0.2, 0.25) is 0 Å². The van der Waals surface area contributed by atoms with Crippen molar-refractivity contribution in [3.05, 3.63) is 23.8 Å². The molecule has 0 unspecified atom stereocenters. The van der Waals surface area contributed by atoms with Gasteiger partial charge in [0.25, 0.3) is 0 Å². The second kappa shape index (κ2) is 5.41. The van der Waals surface area contributed by atoms with Crippen molar-refractivity contribution in [3.63, 3.8) is 0 Å². The number of hydrogen-bond acceptors (Lipinski definition) is 3. The van der Waals surface area contributed by atoms with Crippen molar-refractivity contribution in [3.8, 4) is 11.8 Å². The Balaban J connectivity index is 2.25. The molecule has 2 rings (SSSR count). The largest absolute Gasteiger partial charge is 0.490 e. The van der Waals surface area contributed by atoms with E-state index in [1.54, 1.807) is 6.07 Å². The lowest BCUT2D eigenvalue weighted by atomic mass is 10.1. The smallest absolute Gasteiger partial charge is 0.416 e. The highest BCUT2D eigenvalue weighted by Gasteiger charge is 2.32. The maximum Gasteiger partial charge on any atom is 0.416 e. The number of amides is 1. The van der Waals surface area contributed by atoms with E-state index < -0.39 is 24.1 Å². The fraction of sp³-hybridized carbons (Fsp3) is 0.385. The summed E-state index contributed by atoms with van der Waals surface area (Å²) in [6.45, 7) is 0. The van der Waals surface area contributed by atoms with Crippen molar-refractivity contribution in [1.82, 2.24) is 0 Å². The second-order valence-electron chi connectivity index (χ2n) is 4.44. The molecule has 0 atom stereocenters. The van der Waals surface area contributed by atoms with E-state index >= 15 is 0 Å². The minimum atomic E-state index is -4.53. The van der Waals surface area contributed by atoms with Crippen molar-refractivity contribution in [2.45, 2.75) is 31.5 Å². The van der Waals surface area contributed by atoms with Crippen LogP contribution in [-0.2, 0) is 11.0 Å². The summed E-state index contributed by atoms with van der Waals surface area (Å²) in [6.07, 6.45) is -3.38. The first-order chi connectivity index (χ1) is 9.38. The van der Waals surface area contributed by atoms with E-state index in [1.807, 2.05) is 0 Å². The number of carbonyl (C=O) groups is 1. The molecule has 1 fully saturated rings. The molecular weight excluding hydrogens is 273 g/mol. The van der Waals surface area contributed by atoms with Crippen molar-refractivity contribution in [2.24, 2.45) is 0 Å². The van der Waals surface area contributed by atoms with E-state index in [9.17, 15) is 18.0 Å². The van der Waals surface area contributed by atoms with Gasteiger partial charge in [0.2, 0.25) is 5.91 Å². The van der Waals surface area contributed by atoms with Crippen LogP contribution in [0.3, 0.4) is 0 Å². The Labute approximate surface area is 113 Å². The summed E-state index contributed by atoms with van der Waals surface area (Å²) in [6, 6.07) is 4.66. The van der Waals surface area contributed by atoms with E-state index in [4.69, 9.17) is 10.00 Å². The van der Waals surface area contributed by atoms with Crippen molar-refractivity contribution < 1.29 is 22.7 Å². The lowest BCUT2D eigenvalue weighted by Gasteiger charge is -2.13. The maximum atomic E-state index is 12.8. The number of nitrogens with zero attached hydrogens (tertiary/aromatic N) is 1. The molecule has 0 aromatic heterocycles. The maximum absolute atomic E-state index is 12.8. The molecule has 106 valence electrons. The van der Waals surface area contributed by atoms with Crippen LogP contribution >= 0.6 is 0 Å². The first kappa shape index (κ1) is 14.2. The van der Waals surface area contributed by atoms with E-state index in [0.29, 0.717) is 0 Å². The molecule has 1 aromatic carbocycles. The third-order valence-corrected chi connectivity index (χ3v) is 2.58. The van der Waals surface area contributed by atoms with Gasteiger partial charge in [-0.3, -0.25) is 4.79 Å². The lowest BCUT2D eigenvalue weighted by molar-refractivity contribution is -0.137. The molecular formula is C13H11F3N2O2. The molecule has 1 N–H and O–H groups in total. The number of nitrogens with one attached hydrogen (secondary N) is 1. The van der Waals surface area contributed by atoms with Gasteiger partial charge in [0.1, 0.15) is 12.2 Å². The molecule has 7 heteroatoms. The van der Waals surface area contributed by atoms with Crippen molar-refractivity contribution in [1.29, 1.82) is 5.26 Å². The molecule has 1 aliphatic carbocycles. The van der Waals surface area contributed by atoms with Crippen LogP contribution in [0.15, 0.2) is 18.2 Å². The first-order valence-corrected chi connectivity index (χ1v) is 5.94. The summed E-state index contributed by atoms with van der Waals surface area (Å²) in [5.41, 5.74) is -0.932. The van der Waals surface area contributed by atoms with Crippen LogP contribution in [0.4, 0.5) is 18.9 Å². The summed E-state index contributed by atoms with van der Waals surface area (Å²) in [7, 11) is 0. The van der Waals surface area contributed by atoms with Gasteiger partial charge >= 0.3 is 6.18 Å². The Morgan fingerprint density at radius 1 is 1.40 bits per heavy atom. The number of alkyl halides is 3. The summed E-state index contributed by atoms with van der Waals surface area (Å²) in [5.74, 6) is -0.598. The quantitative estimate of drug-likeness (QED) is 0.924. The standard InChI is InChI=1S/C13H11F3N2O2/c14-13(15,16)8-5-9(18-12(19)3-4-17)7-11(6-8)20-10-1-2-10/h5-7,10H,1-3H2,(H,18,19). The Kier molecular flexibility index (Phi) is 3.84. The average Bonchev–Trinajstić information content (AvgIpc) is 3.11. The molecule has 1 saturated carbocycles. The van der Waals surface area contributed by atoms with E-state index in [2.05, 4.69) is 5.32 Å². The summed E-state index contributed by atoms with van der Waals surface area (Å²) >= 11 is 0. The van der Waals surface area contributed by atoms with Crippen LogP contribution in [0.25, 0.3) is 0 Å². The van der Waals surface area contributed by atoms with Gasteiger partial charge in [-0.05, 0) is 25.0 Å². The predicted octanol–water partition coefficient (Wildman–Crippen LogP) is 3.10. The summed E-state index contributed by atoms with van der Waals surface area (Å²) in [5, 5.41) is 10.6. The Hall–Kier alpha value is -2.23. The van der Waals surface area contributed by atoms with Gasteiger partial charge < -0.3 is 10.1 Å². The van der Waals surface area contributed by atoms with Crippen molar-refractivity contribution >= 4 is 11.6 Å². The molecule has 0 radical (unpaired) electrons. The van der Waals surface area contributed by atoms with E-state index in [1.165, 1.54) is 6.07 Å². The minimum Gasteiger partial charge on any atom is -0.490 e. The molecule has 4 nitrogen and oxygen atoms in total. The van der Waals surface area contributed by atoms with Gasteiger partial charge in [-0.15, -0.1) is 0 Å². The molecule has 0 bridgehead atoms. The van der Waals surface area contributed by atoms with Crippen LogP contribution in [0, 0.1) is 11.3 Å². The SMILES string of the molecule is N#CCC(=O)Nc1cc(OC2CC2)cc(C(F)(F)F)c1. The van der Waals surface area contributed by atoms with E-state index in [-0.39, 0.29) is 17.5 Å². The lowest BCUT2D eigenvalue weighted by Crippen LogP contribution is -2.12. The first-order valence-electron chi connectivity index (χ1n) is 5.94. The molecule has 1 aliphatic rings. The van der Waals surface area contributed by atoms with Gasteiger partial charge in [-0.2, -0.15) is 18.4 Å². The molecule has 1 amide bonds.